The summed E-state index contributed by atoms with van der Waals surface area (Å²) < 4.78 is 2.35. The molecule has 5 nitrogen and oxygen atoms in total. The van der Waals surface area contributed by atoms with Crippen molar-refractivity contribution in [2.24, 2.45) is 0 Å². The first kappa shape index (κ1) is 13.6. The van der Waals surface area contributed by atoms with Gasteiger partial charge in [0.15, 0.2) is 0 Å². The molecular weight excluding hydrogens is 252 g/mol. The first-order valence-electron chi connectivity index (χ1n) is 7.79. The maximum Gasteiger partial charge on any atom is 0.221 e. The highest BCUT2D eigenvalue weighted by Gasteiger charge is 2.27. The van der Waals surface area contributed by atoms with E-state index in [4.69, 9.17) is 4.98 Å². The predicted molar refractivity (Wildman–Crippen MR) is 77.5 cm³/mol. The molecule has 3 rings (SSSR count). The molecule has 0 spiro atoms. The number of nitrogens with one attached hydrogen (secondary N) is 2. The summed E-state index contributed by atoms with van der Waals surface area (Å²) in [7, 11) is 1.70. The molecule has 0 aromatic carbocycles. The first-order chi connectivity index (χ1) is 9.79. The van der Waals surface area contributed by atoms with E-state index in [-0.39, 0.29) is 5.91 Å². The third-order valence-corrected chi connectivity index (χ3v) is 4.58. The molecule has 0 unspecified atom stereocenters. The molecule has 0 saturated heterocycles. The summed E-state index contributed by atoms with van der Waals surface area (Å²) in [5.74, 6) is 1.95. The maximum atomic E-state index is 11.6. The van der Waals surface area contributed by atoms with E-state index in [1.807, 2.05) is 0 Å². The summed E-state index contributed by atoms with van der Waals surface area (Å²) in [6.45, 7) is 2.67. The van der Waals surface area contributed by atoms with Gasteiger partial charge in [-0.15, -0.1) is 0 Å². The van der Waals surface area contributed by atoms with Crippen LogP contribution in [0, 0.1) is 0 Å². The number of rotatable bonds is 4. The van der Waals surface area contributed by atoms with Gasteiger partial charge in [-0.25, -0.2) is 4.98 Å². The summed E-state index contributed by atoms with van der Waals surface area (Å²) in [5.41, 5.74) is 2.56. The molecule has 1 aromatic rings. The van der Waals surface area contributed by atoms with Crippen LogP contribution in [0.1, 0.15) is 55.2 Å². The molecule has 1 amide bonds. The highest BCUT2D eigenvalue weighted by atomic mass is 16.1. The third-order valence-electron chi connectivity index (χ3n) is 4.58. The van der Waals surface area contributed by atoms with Crippen molar-refractivity contribution in [1.29, 1.82) is 0 Å². The zero-order chi connectivity index (χ0) is 13.9. The molecule has 0 bridgehead atoms. The van der Waals surface area contributed by atoms with Crippen molar-refractivity contribution in [3.8, 4) is 0 Å². The van der Waals surface area contributed by atoms with Crippen LogP contribution in [0.2, 0.25) is 0 Å². The van der Waals surface area contributed by atoms with Crippen molar-refractivity contribution in [3.05, 3.63) is 17.2 Å². The number of hydrogen-bond acceptors (Lipinski definition) is 3. The topological polar surface area (TPSA) is 59.0 Å². The highest BCUT2D eigenvalue weighted by Crippen LogP contribution is 2.35. The normalized spacial score (nSPS) is 19.1. The van der Waals surface area contributed by atoms with Gasteiger partial charge in [0, 0.05) is 51.1 Å². The molecule has 20 heavy (non-hydrogen) atoms. The minimum Gasteiger partial charge on any atom is -0.359 e. The van der Waals surface area contributed by atoms with E-state index in [9.17, 15) is 4.79 Å². The smallest absolute Gasteiger partial charge is 0.221 e. The highest BCUT2D eigenvalue weighted by molar-refractivity contribution is 5.75. The van der Waals surface area contributed by atoms with Crippen LogP contribution in [-0.4, -0.2) is 29.1 Å². The van der Waals surface area contributed by atoms with Gasteiger partial charge in [-0.05, 0) is 12.8 Å². The van der Waals surface area contributed by atoms with E-state index >= 15 is 0 Å². The summed E-state index contributed by atoms with van der Waals surface area (Å²) in [6, 6.07) is 0. The van der Waals surface area contributed by atoms with Crippen molar-refractivity contribution in [2.75, 3.05) is 13.6 Å². The van der Waals surface area contributed by atoms with Gasteiger partial charge in [-0.1, -0.05) is 12.8 Å². The molecule has 2 heterocycles. The number of nitrogens with zero attached hydrogens (tertiary/aromatic N) is 2. The Bertz CT molecular complexity index is 488. The van der Waals surface area contributed by atoms with E-state index in [1.54, 1.807) is 7.05 Å². The Hall–Kier alpha value is -1.36. The molecule has 0 atom stereocenters. The number of fused-ring (bicyclic) bond motifs is 1. The molecule has 5 heteroatoms. The number of aromatic nitrogens is 2. The Labute approximate surface area is 120 Å². The number of hydrogen-bond donors (Lipinski definition) is 2. The summed E-state index contributed by atoms with van der Waals surface area (Å²) >= 11 is 0. The molecule has 2 aliphatic rings. The lowest BCUT2D eigenvalue weighted by Crippen LogP contribution is -2.26. The standard InChI is InChI=1S/C15H24N4O/c1-16-14(20)7-9-19-13-6-8-17-10-12(13)18-15(19)11-4-2-3-5-11/h11,17H,2-10H2,1H3,(H,16,20). The first-order valence-corrected chi connectivity index (χ1v) is 7.79. The summed E-state index contributed by atoms with van der Waals surface area (Å²) in [5, 5.41) is 6.10. The fourth-order valence-electron chi connectivity index (χ4n) is 3.48. The molecule has 2 N–H and O–H groups in total. The van der Waals surface area contributed by atoms with Gasteiger partial charge in [-0.2, -0.15) is 0 Å². The zero-order valence-corrected chi connectivity index (χ0v) is 12.2. The summed E-state index contributed by atoms with van der Waals surface area (Å²) in [4.78, 5) is 16.5. The molecule has 110 valence electrons. The van der Waals surface area contributed by atoms with E-state index < -0.39 is 0 Å². The largest absolute Gasteiger partial charge is 0.359 e. The van der Waals surface area contributed by atoms with Crippen LogP contribution in [0.25, 0.3) is 0 Å². The Morgan fingerprint density at radius 1 is 1.45 bits per heavy atom. The van der Waals surface area contributed by atoms with Crippen molar-refractivity contribution >= 4 is 5.91 Å². The average molecular weight is 276 g/mol. The zero-order valence-electron chi connectivity index (χ0n) is 12.2. The molecule has 1 aliphatic carbocycles. The van der Waals surface area contributed by atoms with Crippen LogP contribution in [-0.2, 0) is 24.3 Å². The van der Waals surface area contributed by atoms with Crippen LogP contribution < -0.4 is 10.6 Å². The van der Waals surface area contributed by atoms with Crippen molar-refractivity contribution < 1.29 is 4.79 Å². The molecular formula is C15H24N4O. The number of carbonyl (C=O) groups excluding carboxylic acids is 1. The van der Waals surface area contributed by atoms with Crippen LogP contribution in [0.15, 0.2) is 0 Å². The second-order valence-electron chi connectivity index (χ2n) is 5.85. The molecule has 0 radical (unpaired) electrons. The van der Waals surface area contributed by atoms with Crippen LogP contribution >= 0.6 is 0 Å². The Kier molecular flexibility index (Phi) is 4.05. The SMILES string of the molecule is CNC(=O)CCn1c(C2CCCC2)nc2c1CCNC2. The maximum absolute atomic E-state index is 11.6. The van der Waals surface area contributed by atoms with Crippen LogP contribution in [0.5, 0.6) is 0 Å². The van der Waals surface area contributed by atoms with Crippen LogP contribution in [0.3, 0.4) is 0 Å². The summed E-state index contributed by atoms with van der Waals surface area (Å²) in [6.07, 6.45) is 6.72. The Balaban J connectivity index is 1.87. The predicted octanol–water partition coefficient (Wildman–Crippen LogP) is 1.32. The van der Waals surface area contributed by atoms with E-state index in [0.29, 0.717) is 12.3 Å². The lowest BCUT2D eigenvalue weighted by Gasteiger charge is -2.17. The van der Waals surface area contributed by atoms with E-state index in [0.717, 1.165) is 26.1 Å². The van der Waals surface area contributed by atoms with Gasteiger partial charge in [0.25, 0.3) is 0 Å². The second-order valence-corrected chi connectivity index (χ2v) is 5.85. The van der Waals surface area contributed by atoms with Gasteiger partial charge < -0.3 is 15.2 Å². The Morgan fingerprint density at radius 2 is 2.25 bits per heavy atom. The minimum absolute atomic E-state index is 0.110. The van der Waals surface area contributed by atoms with Crippen molar-refractivity contribution in [2.45, 2.75) is 57.5 Å². The fraction of sp³-hybridized carbons (Fsp3) is 0.733. The Morgan fingerprint density at radius 3 is 3.00 bits per heavy atom. The van der Waals surface area contributed by atoms with Gasteiger partial charge in [0.2, 0.25) is 5.91 Å². The second kappa shape index (κ2) is 5.95. The number of imidazole rings is 1. The molecule has 1 fully saturated rings. The van der Waals surface area contributed by atoms with E-state index in [1.165, 1.54) is 42.9 Å². The van der Waals surface area contributed by atoms with Gasteiger partial charge >= 0.3 is 0 Å². The molecule has 1 aromatic heterocycles. The van der Waals surface area contributed by atoms with Crippen molar-refractivity contribution in [1.82, 2.24) is 20.2 Å². The average Bonchev–Trinajstić information content (AvgIpc) is 3.11. The quantitative estimate of drug-likeness (QED) is 0.872. The van der Waals surface area contributed by atoms with Crippen molar-refractivity contribution in [3.63, 3.8) is 0 Å². The number of carbonyl (C=O) groups is 1. The van der Waals surface area contributed by atoms with E-state index in [2.05, 4.69) is 15.2 Å². The van der Waals surface area contributed by atoms with Gasteiger partial charge in [-0.3, -0.25) is 4.79 Å². The number of amides is 1. The third kappa shape index (κ3) is 2.59. The molecule has 1 saturated carbocycles. The lowest BCUT2D eigenvalue weighted by molar-refractivity contribution is -0.120. The molecule has 1 aliphatic heterocycles. The van der Waals surface area contributed by atoms with Gasteiger partial charge in [0.05, 0.1) is 5.69 Å². The lowest BCUT2D eigenvalue weighted by atomic mass is 10.1. The van der Waals surface area contributed by atoms with Crippen LogP contribution in [0.4, 0.5) is 0 Å². The minimum atomic E-state index is 0.110. The fourth-order valence-corrected chi connectivity index (χ4v) is 3.48. The monoisotopic (exact) mass is 276 g/mol. The van der Waals surface area contributed by atoms with Gasteiger partial charge in [0.1, 0.15) is 5.82 Å².